The molecule has 1 atom stereocenters. The highest BCUT2D eigenvalue weighted by Crippen LogP contribution is 2.21. The maximum Gasteiger partial charge on any atom is 0.222 e. The second-order valence-electron chi connectivity index (χ2n) is 4.86. The fourth-order valence-electron chi connectivity index (χ4n) is 2.18. The first kappa shape index (κ1) is 12.1. The number of amides is 1. The normalized spacial score (nSPS) is 18.9. The predicted octanol–water partition coefficient (Wildman–Crippen LogP) is 1.65. The van der Waals surface area contributed by atoms with Crippen LogP contribution in [-0.4, -0.2) is 19.0 Å². The van der Waals surface area contributed by atoms with Gasteiger partial charge in [0.15, 0.2) is 0 Å². The summed E-state index contributed by atoms with van der Waals surface area (Å²) in [5.74, 6) is 0.170. The topological polar surface area (TPSA) is 41.1 Å². The maximum absolute atomic E-state index is 11.6. The minimum atomic E-state index is 0.0498. The second kappa shape index (κ2) is 5.32. The van der Waals surface area contributed by atoms with Crippen LogP contribution in [0.2, 0.25) is 0 Å². The van der Waals surface area contributed by atoms with Gasteiger partial charge in [-0.1, -0.05) is 38.1 Å². The zero-order valence-electron chi connectivity index (χ0n) is 10.5. The van der Waals surface area contributed by atoms with E-state index in [4.69, 9.17) is 0 Å². The van der Waals surface area contributed by atoms with E-state index in [-0.39, 0.29) is 17.9 Å². The summed E-state index contributed by atoms with van der Waals surface area (Å²) in [5.41, 5.74) is 2.72. The first-order valence-corrected chi connectivity index (χ1v) is 6.27. The van der Waals surface area contributed by atoms with Gasteiger partial charge in [-0.2, -0.15) is 0 Å². The highest BCUT2D eigenvalue weighted by molar-refractivity contribution is 5.77. The standard InChI is InChI=1S/C14H20N2O/c1-10(2)14(17)16-9-13-12-6-4-3-5-11(12)7-8-15-13/h3-6,10,13,15H,7-9H2,1-2H3,(H,16,17). The van der Waals surface area contributed by atoms with Crippen molar-refractivity contribution in [2.45, 2.75) is 26.3 Å². The first-order chi connectivity index (χ1) is 8.18. The van der Waals surface area contributed by atoms with Crippen LogP contribution in [0.5, 0.6) is 0 Å². The molecule has 2 N–H and O–H groups in total. The summed E-state index contributed by atoms with van der Waals surface area (Å²) in [6, 6.07) is 8.71. The summed E-state index contributed by atoms with van der Waals surface area (Å²) in [6.45, 7) is 5.49. The Hall–Kier alpha value is -1.35. The van der Waals surface area contributed by atoms with Crippen molar-refractivity contribution in [1.29, 1.82) is 0 Å². The number of benzene rings is 1. The van der Waals surface area contributed by atoms with E-state index in [1.54, 1.807) is 0 Å². The molecule has 0 aliphatic carbocycles. The summed E-state index contributed by atoms with van der Waals surface area (Å²) in [4.78, 5) is 11.6. The van der Waals surface area contributed by atoms with Crippen molar-refractivity contribution in [2.24, 2.45) is 5.92 Å². The van der Waals surface area contributed by atoms with Crippen LogP contribution in [-0.2, 0) is 11.2 Å². The zero-order chi connectivity index (χ0) is 12.3. The van der Waals surface area contributed by atoms with E-state index in [1.165, 1.54) is 11.1 Å². The summed E-state index contributed by atoms with van der Waals surface area (Å²) in [7, 11) is 0. The van der Waals surface area contributed by atoms with Crippen LogP contribution in [0.4, 0.5) is 0 Å². The highest BCUT2D eigenvalue weighted by atomic mass is 16.1. The molecule has 3 nitrogen and oxygen atoms in total. The number of fused-ring (bicyclic) bond motifs is 1. The Bertz CT molecular complexity index is 401. The molecular formula is C14H20N2O. The minimum Gasteiger partial charge on any atom is -0.354 e. The van der Waals surface area contributed by atoms with Crippen LogP contribution in [0.3, 0.4) is 0 Å². The van der Waals surface area contributed by atoms with Gasteiger partial charge in [-0.3, -0.25) is 4.79 Å². The van der Waals surface area contributed by atoms with Crippen molar-refractivity contribution in [3.05, 3.63) is 35.4 Å². The van der Waals surface area contributed by atoms with Gasteiger partial charge in [0.05, 0.1) is 0 Å². The van der Waals surface area contributed by atoms with Crippen LogP contribution in [0.25, 0.3) is 0 Å². The molecule has 1 amide bonds. The van der Waals surface area contributed by atoms with Crippen LogP contribution in [0.15, 0.2) is 24.3 Å². The van der Waals surface area contributed by atoms with E-state index in [1.807, 2.05) is 13.8 Å². The molecule has 1 unspecified atom stereocenters. The molecule has 2 rings (SSSR count). The maximum atomic E-state index is 11.6. The zero-order valence-corrected chi connectivity index (χ0v) is 10.5. The number of rotatable bonds is 3. The third-order valence-electron chi connectivity index (χ3n) is 3.22. The lowest BCUT2D eigenvalue weighted by atomic mass is 9.94. The predicted molar refractivity (Wildman–Crippen MR) is 68.7 cm³/mol. The summed E-state index contributed by atoms with van der Waals surface area (Å²) in [6.07, 6.45) is 1.07. The SMILES string of the molecule is CC(C)C(=O)NCC1NCCc2ccccc21. The molecule has 0 saturated carbocycles. The number of carbonyl (C=O) groups excluding carboxylic acids is 1. The molecule has 0 radical (unpaired) electrons. The molecule has 3 heteroatoms. The Kier molecular flexibility index (Phi) is 3.79. The summed E-state index contributed by atoms with van der Waals surface area (Å²) < 4.78 is 0. The average Bonchev–Trinajstić information content (AvgIpc) is 2.35. The molecule has 0 saturated heterocycles. The van der Waals surface area contributed by atoms with Crippen molar-refractivity contribution in [1.82, 2.24) is 10.6 Å². The van der Waals surface area contributed by atoms with Gasteiger partial charge < -0.3 is 10.6 Å². The summed E-state index contributed by atoms with van der Waals surface area (Å²) in [5, 5.41) is 6.45. The minimum absolute atomic E-state index is 0.0498. The van der Waals surface area contributed by atoms with Gasteiger partial charge in [0.1, 0.15) is 0 Å². The smallest absolute Gasteiger partial charge is 0.222 e. The van der Waals surface area contributed by atoms with Crippen molar-refractivity contribution < 1.29 is 4.79 Å². The Balaban J connectivity index is 2.01. The van der Waals surface area contributed by atoms with Crippen molar-refractivity contribution in [3.63, 3.8) is 0 Å². The molecule has 1 aliphatic heterocycles. The number of hydrogen-bond donors (Lipinski definition) is 2. The Morgan fingerprint density at radius 2 is 2.24 bits per heavy atom. The molecule has 17 heavy (non-hydrogen) atoms. The Morgan fingerprint density at radius 1 is 1.47 bits per heavy atom. The van der Waals surface area contributed by atoms with Crippen LogP contribution < -0.4 is 10.6 Å². The van der Waals surface area contributed by atoms with Gasteiger partial charge in [-0.15, -0.1) is 0 Å². The van der Waals surface area contributed by atoms with E-state index in [0.29, 0.717) is 6.54 Å². The van der Waals surface area contributed by atoms with E-state index >= 15 is 0 Å². The molecule has 1 aromatic rings. The highest BCUT2D eigenvalue weighted by Gasteiger charge is 2.19. The molecular weight excluding hydrogens is 212 g/mol. The molecule has 0 fully saturated rings. The average molecular weight is 232 g/mol. The third kappa shape index (κ3) is 2.86. The fourth-order valence-corrected chi connectivity index (χ4v) is 2.18. The summed E-state index contributed by atoms with van der Waals surface area (Å²) >= 11 is 0. The lowest BCUT2D eigenvalue weighted by Crippen LogP contribution is -2.40. The van der Waals surface area contributed by atoms with Crippen molar-refractivity contribution in [3.8, 4) is 0 Å². The second-order valence-corrected chi connectivity index (χ2v) is 4.86. The molecule has 0 bridgehead atoms. The Morgan fingerprint density at radius 3 is 3.00 bits per heavy atom. The first-order valence-electron chi connectivity index (χ1n) is 6.27. The van der Waals surface area contributed by atoms with E-state index in [9.17, 15) is 4.79 Å². The van der Waals surface area contributed by atoms with E-state index in [0.717, 1.165) is 13.0 Å². The molecule has 0 spiro atoms. The molecule has 1 aromatic carbocycles. The molecule has 1 heterocycles. The Labute approximate surface area is 103 Å². The van der Waals surface area contributed by atoms with Crippen molar-refractivity contribution in [2.75, 3.05) is 13.1 Å². The quantitative estimate of drug-likeness (QED) is 0.832. The third-order valence-corrected chi connectivity index (χ3v) is 3.22. The molecule has 0 aromatic heterocycles. The number of nitrogens with one attached hydrogen (secondary N) is 2. The monoisotopic (exact) mass is 232 g/mol. The van der Waals surface area contributed by atoms with Gasteiger partial charge in [0.25, 0.3) is 0 Å². The van der Waals surface area contributed by atoms with Gasteiger partial charge >= 0.3 is 0 Å². The van der Waals surface area contributed by atoms with Crippen LogP contribution in [0.1, 0.15) is 31.0 Å². The van der Waals surface area contributed by atoms with Gasteiger partial charge in [0.2, 0.25) is 5.91 Å². The molecule has 92 valence electrons. The number of carbonyl (C=O) groups is 1. The van der Waals surface area contributed by atoms with Crippen LogP contribution in [0, 0.1) is 5.92 Å². The van der Waals surface area contributed by atoms with Gasteiger partial charge in [0, 0.05) is 18.5 Å². The number of hydrogen-bond acceptors (Lipinski definition) is 2. The van der Waals surface area contributed by atoms with Crippen LogP contribution >= 0.6 is 0 Å². The van der Waals surface area contributed by atoms with E-state index in [2.05, 4.69) is 34.9 Å². The largest absolute Gasteiger partial charge is 0.354 e. The van der Waals surface area contributed by atoms with Crippen molar-refractivity contribution >= 4 is 5.91 Å². The molecule has 1 aliphatic rings. The fraction of sp³-hybridized carbons (Fsp3) is 0.500. The van der Waals surface area contributed by atoms with Gasteiger partial charge in [-0.05, 0) is 24.1 Å². The lowest BCUT2D eigenvalue weighted by molar-refractivity contribution is -0.124. The lowest BCUT2D eigenvalue weighted by Gasteiger charge is -2.27. The van der Waals surface area contributed by atoms with Gasteiger partial charge in [-0.25, -0.2) is 0 Å². The van der Waals surface area contributed by atoms with E-state index < -0.39 is 0 Å².